The lowest BCUT2D eigenvalue weighted by molar-refractivity contribution is 0.625. The summed E-state index contributed by atoms with van der Waals surface area (Å²) in [6, 6.07) is 0.578. The van der Waals surface area contributed by atoms with Gasteiger partial charge in [0.25, 0.3) is 0 Å². The van der Waals surface area contributed by atoms with Crippen LogP contribution in [0.4, 0.5) is 5.82 Å². The molecule has 2 atom stereocenters. The van der Waals surface area contributed by atoms with Gasteiger partial charge in [0.2, 0.25) is 0 Å². The van der Waals surface area contributed by atoms with Crippen LogP contribution in [0.15, 0.2) is 12.4 Å². The van der Waals surface area contributed by atoms with Gasteiger partial charge in [0.15, 0.2) is 0 Å². The van der Waals surface area contributed by atoms with Crippen LogP contribution in [-0.4, -0.2) is 29.6 Å². The predicted octanol–water partition coefficient (Wildman–Crippen LogP) is 1.43. The van der Waals surface area contributed by atoms with Crippen molar-refractivity contribution in [1.29, 1.82) is 0 Å². The number of hydrogen-bond donors (Lipinski definition) is 1. The van der Waals surface area contributed by atoms with E-state index in [1.54, 1.807) is 0 Å². The van der Waals surface area contributed by atoms with E-state index in [-0.39, 0.29) is 0 Å². The van der Waals surface area contributed by atoms with Crippen LogP contribution in [0.1, 0.15) is 26.0 Å². The average Bonchev–Trinajstić information content (AvgIpc) is 2.59. The van der Waals surface area contributed by atoms with Crippen molar-refractivity contribution in [2.75, 3.05) is 18.5 Å². The molecule has 0 amide bonds. The van der Waals surface area contributed by atoms with Crippen LogP contribution in [0.25, 0.3) is 0 Å². The second kappa shape index (κ2) is 4.78. The number of anilines is 1. The maximum Gasteiger partial charge on any atom is 0.147 e. The Morgan fingerprint density at radius 3 is 2.88 bits per heavy atom. The number of nitrogens with zero attached hydrogens (tertiary/aromatic N) is 3. The molecule has 1 aromatic rings. The standard InChI is InChI=1S/C12H20N4/c1-9-4-10(2)16(8-9)12-7-14-6-11(15-12)5-13-3/h6-7,9-10,13H,4-5,8H2,1-3H3. The van der Waals surface area contributed by atoms with Gasteiger partial charge in [0.05, 0.1) is 11.9 Å². The van der Waals surface area contributed by atoms with Gasteiger partial charge >= 0.3 is 0 Å². The second-order valence-corrected chi connectivity index (χ2v) is 4.74. The first-order chi connectivity index (χ1) is 7.70. The highest BCUT2D eigenvalue weighted by Gasteiger charge is 2.27. The third kappa shape index (κ3) is 2.32. The van der Waals surface area contributed by atoms with Crippen molar-refractivity contribution in [3.63, 3.8) is 0 Å². The van der Waals surface area contributed by atoms with E-state index < -0.39 is 0 Å². The molecule has 0 bridgehead atoms. The Labute approximate surface area is 97.1 Å². The molecule has 0 aromatic carbocycles. The molecule has 1 fully saturated rings. The Kier molecular flexibility index (Phi) is 3.39. The molecular weight excluding hydrogens is 200 g/mol. The molecule has 0 aliphatic carbocycles. The normalized spacial score (nSPS) is 25.1. The van der Waals surface area contributed by atoms with Gasteiger partial charge in [-0.3, -0.25) is 4.98 Å². The summed E-state index contributed by atoms with van der Waals surface area (Å²) in [5, 5.41) is 3.10. The van der Waals surface area contributed by atoms with Gasteiger partial charge in [-0.05, 0) is 26.3 Å². The third-order valence-electron chi connectivity index (χ3n) is 3.11. The van der Waals surface area contributed by atoms with E-state index in [9.17, 15) is 0 Å². The monoisotopic (exact) mass is 220 g/mol. The van der Waals surface area contributed by atoms with E-state index in [0.29, 0.717) is 6.04 Å². The summed E-state index contributed by atoms with van der Waals surface area (Å²) in [6.07, 6.45) is 4.94. The maximum atomic E-state index is 4.63. The van der Waals surface area contributed by atoms with E-state index >= 15 is 0 Å². The van der Waals surface area contributed by atoms with Crippen molar-refractivity contribution in [2.45, 2.75) is 32.9 Å². The lowest BCUT2D eigenvalue weighted by Gasteiger charge is -2.22. The summed E-state index contributed by atoms with van der Waals surface area (Å²) in [6.45, 7) is 6.43. The molecular formula is C12H20N4. The topological polar surface area (TPSA) is 41.1 Å². The van der Waals surface area contributed by atoms with Crippen molar-refractivity contribution in [3.8, 4) is 0 Å². The summed E-state index contributed by atoms with van der Waals surface area (Å²) in [5.74, 6) is 1.77. The minimum Gasteiger partial charge on any atom is -0.352 e. The molecule has 16 heavy (non-hydrogen) atoms. The molecule has 1 N–H and O–H groups in total. The first-order valence-electron chi connectivity index (χ1n) is 5.93. The lowest BCUT2D eigenvalue weighted by atomic mass is 10.1. The van der Waals surface area contributed by atoms with Crippen molar-refractivity contribution in [1.82, 2.24) is 15.3 Å². The minimum atomic E-state index is 0.578. The molecule has 0 saturated carbocycles. The van der Waals surface area contributed by atoms with Crippen LogP contribution >= 0.6 is 0 Å². The Hall–Kier alpha value is -1.16. The smallest absolute Gasteiger partial charge is 0.147 e. The molecule has 2 unspecified atom stereocenters. The highest BCUT2D eigenvalue weighted by molar-refractivity contribution is 5.39. The van der Waals surface area contributed by atoms with E-state index in [2.05, 4.69) is 34.0 Å². The molecule has 2 heterocycles. The van der Waals surface area contributed by atoms with Crippen LogP contribution in [0.5, 0.6) is 0 Å². The quantitative estimate of drug-likeness (QED) is 0.836. The van der Waals surface area contributed by atoms with Gasteiger partial charge in [-0.15, -0.1) is 0 Å². The number of nitrogens with one attached hydrogen (secondary N) is 1. The summed E-state index contributed by atoms with van der Waals surface area (Å²) < 4.78 is 0. The van der Waals surface area contributed by atoms with Crippen LogP contribution in [-0.2, 0) is 6.54 Å². The molecule has 1 saturated heterocycles. The van der Waals surface area contributed by atoms with Gasteiger partial charge < -0.3 is 10.2 Å². The third-order valence-corrected chi connectivity index (χ3v) is 3.11. The SMILES string of the molecule is CNCc1cncc(N2CC(C)CC2C)n1. The molecule has 1 aromatic heterocycles. The molecule has 88 valence electrons. The Morgan fingerprint density at radius 1 is 1.44 bits per heavy atom. The van der Waals surface area contributed by atoms with Crippen LogP contribution in [0.2, 0.25) is 0 Å². The van der Waals surface area contributed by atoms with Gasteiger partial charge in [0.1, 0.15) is 5.82 Å². The predicted molar refractivity (Wildman–Crippen MR) is 65.4 cm³/mol. The zero-order valence-corrected chi connectivity index (χ0v) is 10.3. The fourth-order valence-corrected chi connectivity index (χ4v) is 2.42. The highest BCUT2D eigenvalue weighted by Crippen LogP contribution is 2.26. The lowest BCUT2D eigenvalue weighted by Crippen LogP contribution is -2.28. The molecule has 0 radical (unpaired) electrons. The zero-order chi connectivity index (χ0) is 11.5. The Morgan fingerprint density at radius 2 is 2.25 bits per heavy atom. The van der Waals surface area contributed by atoms with Crippen LogP contribution < -0.4 is 10.2 Å². The van der Waals surface area contributed by atoms with Gasteiger partial charge in [-0.25, -0.2) is 4.98 Å². The van der Waals surface area contributed by atoms with E-state index in [1.807, 2.05) is 19.4 Å². The number of hydrogen-bond acceptors (Lipinski definition) is 4. The summed E-state index contributed by atoms with van der Waals surface area (Å²) in [7, 11) is 1.93. The minimum absolute atomic E-state index is 0.578. The summed E-state index contributed by atoms with van der Waals surface area (Å²) in [5.41, 5.74) is 1.01. The Balaban J connectivity index is 2.16. The Bertz CT molecular complexity index is 353. The van der Waals surface area contributed by atoms with Crippen molar-refractivity contribution in [3.05, 3.63) is 18.1 Å². The average molecular weight is 220 g/mol. The zero-order valence-electron chi connectivity index (χ0n) is 10.3. The van der Waals surface area contributed by atoms with Crippen molar-refractivity contribution >= 4 is 5.82 Å². The molecule has 4 nitrogen and oxygen atoms in total. The number of aromatic nitrogens is 2. The largest absolute Gasteiger partial charge is 0.352 e. The molecule has 4 heteroatoms. The van der Waals surface area contributed by atoms with E-state index in [1.165, 1.54) is 6.42 Å². The molecule has 0 spiro atoms. The van der Waals surface area contributed by atoms with Gasteiger partial charge in [0, 0.05) is 25.3 Å². The number of rotatable bonds is 3. The fraction of sp³-hybridized carbons (Fsp3) is 0.667. The molecule has 2 rings (SSSR count). The van der Waals surface area contributed by atoms with Gasteiger partial charge in [-0.2, -0.15) is 0 Å². The fourth-order valence-electron chi connectivity index (χ4n) is 2.42. The van der Waals surface area contributed by atoms with Crippen molar-refractivity contribution in [2.24, 2.45) is 5.92 Å². The molecule has 1 aliphatic heterocycles. The van der Waals surface area contributed by atoms with Crippen LogP contribution in [0, 0.1) is 5.92 Å². The first kappa shape index (κ1) is 11.3. The van der Waals surface area contributed by atoms with E-state index in [0.717, 1.165) is 30.5 Å². The summed E-state index contributed by atoms with van der Waals surface area (Å²) in [4.78, 5) is 11.3. The molecule has 1 aliphatic rings. The van der Waals surface area contributed by atoms with Crippen LogP contribution in [0.3, 0.4) is 0 Å². The van der Waals surface area contributed by atoms with E-state index in [4.69, 9.17) is 0 Å². The van der Waals surface area contributed by atoms with Crippen molar-refractivity contribution < 1.29 is 0 Å². The van der Waals surface area contributed by atoms with Gasteiger partial charge in [-0.1, -0.05) is 6.92 Å². The summed E-state index contributed by atoms with van der Waals surface area (Å²) >= 11 is 0. The first-order valence-corrected chi connectivity index (χ1v) is 5.93. The maximum absolute atomic E-state index is 4.63. The second-order valence-electron chi connectivity index (χ2n) is 4.74. The highest BCUT2D eigenvalue weighted by atomic mass is 15.2.